The van der Waals surface area contributed by atoms with E-state index >= 15 is 0 Å². The first-order valence-electron chi connectivity index (χ1n) is 1.67. The summed E-state index contributed by atoms with van der Waals surface area (Å²) in [5.41, 5.74) is 0. The Hall–Kier alpha value is 2.24. The smallest absolute Gasteiger partial charge is 0.862 e. The van der Waals surface area contributed by atoms with E-state index in [0.29, 0.717) is 0 Å². The predicted molar refractivity (Wildman–Crippen MR) is 22.8 cm³/mol. The largest absolute Gasteiger partial charge is 2.00 e. The van der Waals surface area contributed by atoms with E-state index in [0.717, 1.165) is 0 Å². The van der Waals surface area contributed by atoms with Gasteiger partial charge in [0.2, 0.25) is 0 Å². The summed E-state index contributed by atoms with van der Waals surface area (Å²) in [6, 6.07) is 0. The topological polar surface area (TPSA) is 142 Å². The van der Waals surface area contributed by atoms with Crippen LogP contribution in [0.25, 0.3) is 0 Å². The van der Waals surface area contributed by atoms with Crippen molar-refractivity contribution in [2.24, 2.45) is 0 Å². The molecule has 0 aromatic rings. The van der Waals surface area contributed by atoms with Crippen molar-refractivity contribution in [1.82, 2.24) is 0 Å². The summed E-state index contributed by atoms with van der Waals surface area (Å²) in [6.07, 6.45) is 0. The molecule has 65 valence electrons. The zero-order valence-electron chi connectivity index (χ0n) is 4.94. The summed E-state index contributed by atoms with van der Waals surface area (Å²) in [5, 5.41) is 0. The maximum atomic E-state index is 9.58. The van der Waals surface area contributed by atoms with Gasteiger partial charge in [0, 0.05) is 0 Å². The molecule has 0 aliphatic carbocycles. The van der Waals surface area contributed by atoms with Crippen LogP contribution in [-0.2, 0) is 21.2 Å². The number of rotatable bonds is 2. The first-order chi connectivity index (χ1) is 3.71. The van der Waals surface area contributed by atoms with Crippen LogP contribution in [-0.4, -0.2) is 76.6 Å². The average Bonchev–Trinajstić information content (AvgIpc) is 1.14. The zero-order valence-corrected chi connectivity index (χ0v) is 12.3. The third-order valence-corrected chi connectivity index (χ3v) is 2.32. The molecule has 0 spiro atoms. The van der Waals surface area contributed by atoms with Gasteiger partial charge in [-0.05, 0) is 0 Å². The van der Waals surface area contributed by atoms with E-state index < -0.39 is 18.1 Å². The molecule has 0 amide bonds. The molecule has 11 heteroatoms. The minimum atomic E-state index is -5.79. The summed E-state index contributed by atoms with van der Waals surface area (Å²) < 4.78 is 2.79. The first-order valence-corrected chi connectivity index (χ1v) is 5.02. The molecule has 0 unspecified atom stereocenters. The van der Waals surface area contributed by atoms with Crippen molar-refractivity contribution in [3.05, 3.63) is 0 Å². The van der Waals surface area contributed by atoms with Crippen molar-refractivity contribution in [1.29, 1.82) is 0 Å². The molecule has 2 N–H and O–H groups in total. The Kier molecular flexibility index (Phi) is 11.5. The molecule has 7 nitrogen and oxygen atoms in total. The molecule has 1 radical (unpaired) electrons. The average molecular weight is 371 g/mol. The zero-order chi connectivity index (χ0) is 7.71. The van der Waals surface area contributed by atoms with Crippen molar-refractivity contribution in [2.45, 2.75) is 0 Å². The van der Waals surface area contributed by atoms with Crippen LogP contribution in [0.3, 0.4) is 0 Å². The standard InChI is InChI=1S/Ba.Cu.H2O7Si2/c;;1-8(2,3)7-9(4,5)6/h;;1-2H/q2*+2;-4. The molecule has 0 saturated heterocycles. The molecule has 0 fully saturated rings. The van der Waals surface area contributed by atoms with E-state index in [9.17, 15) is 19.2 Å². The molecule has 0 heterocycles. The van der Waals surface area contributed by atoms with Gasteiger partial charge in [-0.2, -0.15) is 0 Å². The van der Waals surface area contributed by atoms with E-state index in [2.05, 4.69) is 4.12 Å². The van der Waals surface area contributed by atoms with Crippen molar-refractivity contribution in [2.75, 3.05) is 0 Å². The van der Waals surface area contributed by atoms with Crippen molar-refractivity contribution < 1.29 is 50.0 Å². The van der Waals surface area contributed by atoms with E-state index in [-0.39, 0.29) is 65.9 Å². The molecule has 0 aromatic carbocycles. The minimum Gasteiger partial charge on any atom is -0.862 e. The summed E-state index contributed by atoms with van der Waals surface area (Å²) in [7, 11) is -11.2. The second-order valence-electron chi connectivity index (χ2n) is 1.15. The number of hydrogen-bond donors (Lipinski definition) is 2. The molecular weight excluding hydrogens is 369 g/mol. The van der Waals surface area contributed by atoms with Gasteiger partial charge in [-0.15, -0.1) is 9.05 Å². The van der Waals surface area contributed by atoms with Gasteiger partial charge in [0.05, 0.1) is 0 Å². The van der Waals surface area contributed by atoms with Gasteiger partial charge in [0.1, 0.15) is 0 Å². The van der Waals surface area contributed by atoms with Crippen LogP contribution in [0.5, 0.6) is 0 Å². The first kappa shape index (κ1) is 18.9. The molecule has 0 aromatic heterocycles. The third kappa shape index (κ3) is 18.9. The Morgan fingerprint density at radius 1 is 1.00 bits per heavy atom. The van der Waals surface area contributed by atoms with Crippen LogP contribution in [0.1, 0.15) is 0 Å². The molecule has 0 bridgehead atoms. The summed E-state index contributed by atoms with van der Waals surface area (Å²) >= 11 is 0. The Morgan fingerprint density at radius 2 is 1.27 bits per heavy atom. The van der Waals surface area contributed by atoms with E-state index in [4.69, 9.17) is 9.59 Å². The second-order valence-corrected chi connectivity index (χ2v) is 4.06. The SMILES string of the molecule is [Ba+2].[Cu+2].[O-][Si]([O-])([O-])O[Si]([O-])(O)O. The summed E-state index contributed by atoms with van der Waals surface area (Å²) in [4.78, 5) is 53.3. The van der Waals surface area contributed by atoms with Crippen LogP contribution < -0.4 is 19.2 Å². The Morgan fingerprint density at radius 3 is 1.27 bits per heavy atom. The minimum absolute atomic E-state index is 0. The van der Waals surface area contributed by atoms with Gasteiger partial charge >= 0.3 is 75.0 Å². The Bertz CT molecular complexity index is 81.6. The van der Waals surface area contributed by atoms with E-state index in [1.807, 2.05) is 0 Å². The Balaban J connectivity index is -0.000000320. The molecule has 11 heavy (non-hydrogen) atoms. The molecule has 0 rings (SSSR count). The monoisotopic (exact) mass is 371 g/mol. The number of hydrogen-bond acceptors (Lipinski definition) is 7. The van der Waals surface area contributed by atoms with Crippen LogP contribution in [0.15, 0.2) is 0 Å². The molecule has 0 atom stereocenters. The fourth-order valence-electron chi connectivity index (χ4n) is 0.163. The van der Waals surface area contributed by atoms with Crippen molar-refractivity contribution in [3.8, 4) is 0 Å². The quantitative estimate of drug-likeness (QED) is 0.460. The van der Waals surface area contributed by atoms with Crippen LogP contribution in [0.2, 0.25) is 0 Å². The predicted octanol–water partition coefficient (Wildman–Crippen LogP) is -7.08. The fraction of sp³-hybridized carbons (Fsp3) is 0. The Labute approximate surface area is 115 Å². The molecular formula is H2BaCuO7Si2. The van der Waals surface area contributed by atoms with Gasteiger partial charge in [-0.3, -0.25) is 0 Å². The maximum Gasteiger partial charge on any atom is 2.00 e. The van der Waals surface area contributed by atoms with Crippen molar-refractivity contribution in [3.63, 3.8) is 0 Å². The van der Waals surface area contributed by atoms with Crippen LogP contribution >= 0.6 is 0 Å². The molecule has 0 saturated carbocycles. The van der Waals surface area contributed by atoms with Crippen LogP contribution in [0.4, 0.5) is 0 Å². The van der Waals surface area contributed by atoms with Gasteiger partial charge in [0.25, 0.3) is 0 Å². The third-order valence-electron chi connectivity index (χ3n) is 0.258. The van der Waals surface area contributed by atoms with Gasteiger partial charge in [0.15, 0.2) is 0 Å². The normalized spacial score (nSPS) is 11.5. The summed E-state index contributed by atoms with van der Waals surface area (Å²) in [6.45, 7) is 0. The second kappa shape index (κ2) is 6.66. The van der Waals surface area contributed by atoms with E-state index in [1.165, 1.54) is 0 Å². The van der Waals surface area contributed by atoms with Gasteiger partial charge < -0.3 is 32.9 Å². The maximum absolute atomic E-state index is 9.58. The van der Waals surface area contributed by atoms with Crippen molar-refractivity contribution >= 4 is 67.0 Å². The fourth-order valence-corrected chi connectivity index (χ4v) is 1.47. The van der Waals surface area contributed by atoms with Gasteiger partial charge in [-0.25, -0.2) is 0 Å². The molecule has 0 aliphatic heterocycles. The van der Waals surface area contributed by atoms with E-state index in [1.54, 1.807) is 0 Å². The van der Waals surface area contributed by atoms with Crippen LogP contribution in [0, 0.1) is 0 Å². The molecule has 0 aliphatic rings. The van der Waals surface area contributed by atoms with Gasteiger partial charge in [-0.1, -0.05) is 0 Å². The summed E-state index contributed by atoms with van der Waals surface area (Å²) in [5.74, 6) is 0.